The molecule has 1 amide bonds. The summed E-state index contributed by atoms with van der Waals surface area (Å²) in [6.45, 7) is 8.31. The van der Waals surface area contributed by atoms with Crippen LogP contribution in [0.4, 0.5) is 0 Å². The van der Waals surface area contributed by atoms with Gasteiger partial charge in [-0.1, -0.05) is 26.0 Å². The van der Waals surface area contributed by atoms with E-state index in [0.717, 1.165) is 24.4 Å². The number of likely N-dealkylation sites (N-methyl/N-ethyl adjacent to an activating group) is 1. The van der Waals surface area contributed by atoms with Gasteiger partial charge in [-0.05, 0) is 37.6 Å². The largest absolute Gasteiger partial charge is 0.481 e. The first-order valence-corrected chi connectivity index (χ1v) is 6.89. The highest BCUT2D eigenvalue weighted by atomic mass is 35.5. The SMILES string of the molecule is CCNCCNC(=O)C(CC)Oc1cccc(C)c1.Cl. The van der Waals surface area contributed by atoms with Crippen molar-refractivity contribution in [3.05, 3.63) is 29.8 Å². The summed E-state index contributed by atoms with van der Waals surface area (Å²) in [5, 5.41) is 6.04. The molecule has 0 saturated carbocycles. The molecule has 0 spiro atoms. The van der Waals surface area contributed by atoms with Crippen molar-refractivity contribution in [2.45, 2.75) is 33.3 Å². The molecule has 0 heterocycles. The maximum absolute atomic E-state index is 12.0. The quantitative estimate of drug-likeness (QED) is 0.724. The molecule has 4 nitrogen and oxygen atoms in total. The third-order valence-electron chi connectivity index (χ3n) is 2.78. The van der Waals surface area contributed by atoms with Crippen molar-refractivity contribution in [2.75, 3.05) is 19.6 Å². The Labute approximate surface area is 127 Å². The molecule has 20 heavy (non-hydrogen) atoms. The number of ether oxygens (including phenoxy) is 1. The van der Waals surface area contributed by atoms with Crippen LogP contribution in [0.1, 0.15) is 25.8 Å². The van der Waals surface area contributed by atoms with Crippen LogP contribution < -0.4 is 15.4 Å². The van der Waals surface area contributed by atoms with Crippen molar-refractivity contribution in [1.29, 1.82) is 0 Å². The van der Waals surface area contributed by atoms with Crippen molar-refractivity contribution in [3.63, 3.8) is 0 Å². The van der Waals surface area contributed by atoms with Crippen molar-refractivity contribution >= 4 is 18.3 Å². The molecule has 0 aliphatic rings. The molecule has 0 saturated heterocycles. The first kappa shape index (κ1) is 18.7. The van der Waals surface area contributed by atoms with Crippen LogP contribution in [0.15, 0.2) is 24.3 Å². The number of amides is 1. The van der Waals surface area contributed by atoms with E-state index in [-0.39, 0.29) is 18.3 Å². The van der Waals surface area contributed by atoms with Crippen LogP contribution in [-0.2, 0) is 4.79 Å². The van der Waals surface area contributed by atoms with Gasteiger partial charge in [0, 0.05) is 13.1 Å². The topological polar surface area (TPSA) is 50.4 Å². The molecule has 1 unspecified atom stereocenters. The second-order valence-corrected chi connectivity index (χ2v) is 4.48. The number of aryl methyl sites for hydroxylation is 1. The van der Waals surface area contributed by atoms with E-state index in [1.54, 1.807) is 0 Å². The first-order chi connectivity index (χ1) is 9.17. The lowest BCUT2D eigenvalue weighted by Crippen LogP contribution is -2.40. The second-order valence-electron chi connectivity index (χ2n) is 4.48. The lowest BCUT2D eigenvalue weighted by molar-refractivity contribution is -0.128. The molecule has 1 atom stereocenters. The maximum atomic E-state index is 12.0. The second kappa shape index (κ2) is 10.5. The molecule has 0 aliphatic carbocycles. The molecule has 0 aromatic heterocycles. The summed E-state index contributed by atoms with van der Waals surface area (Å²) >= 11 is 0. The van der Waals surface area contributed by atoms with Gasteiger partial charge in [0.1, 0.15) is 5.75 Å². The van der Waals surface area contributed by atoms with E-state index in [9.17, 15) is 4.79 Å². The Morgan fingerprint density at radius 1 is 1.30 bits per heavy atom. The minimum atomic E-state index is -0.427. The number of rotatable bonds is 8. The molecule has 1 aromatic rings. The van der Waals surface area contributed by atoms with Crippen molar-refractivity contribution in [2.24, 2.45) is 0 Å². The summed E-state index contributed by atoms with van der Waals surface area (Å²) < 4.78 is 5.73. The predicted molar refractivity (Wildman–Crippen MR) is 84.7 cm³/mol. The Morgan fingerprint density at radius 2 is 2.05 bits per heavy atom. The van der Waals surface area contributed by atoms with Gasteiger partial charge < -0.3 is 15.4 Å². The van der Waals surface area contributed by atoms with E-state index in [0.29, 0.717) is 13.0 Å². The fourth-order valence-corrected chi connectivity index (χ4v) is 1.74. The maximum Gasteiger partial charge on any atom is 0.261 e. The molecule has 0 radical (unpaired) electrons. The van der Waals surface area contributed by atoms with Crippen LogP contribution in [-0.4, -0.2) is 31.6 Å². The van der Waals surface area contributed by atoms with Gasteiger partial charge in [-0.2, -0.15) is 0 Å². The van der Waals surface area contributed by atoms with Gasteiger partial charge in [-0.15, -0.1) is 12.4 Å². The summed E-state index contributed by atoms with van der Waals surface area (Å²) in [5.74, 6) is 0.690. The molecule has 114 valence electrons. The Balaban J connectivity index is 0.00000361. The van der Waals surface area contributed by atoms with Crippen molar-refractivity contribution < 1.29 is 9.53 Å². The van der Waals surface area contributed by atoms with E-state index >= 15 is 0 Å². The molecule has 0 aliphatic heterocycles. The Hall–Kier alpha value is -1.26. The minimum Gasteiger partial charge on any atom is -0.481 e. The number of nitrogens with one attached hydrogen (secondary N) is 2. The molecule has 2 N–H and O–H groups in total. The lowest BCUT2D eigenvalue weighted by atomic mass is 10.2. The van der Waals surface area contributed by atoms with Gasteiger partial charge >= 0.3 is 0 Å². The molecule has 0 fully saturated rings. The van der Waals surface area contributed by atoms with Gasteiger partial charge in [-0.3, -0.25) is 4.79 Å². The first-order valence-electron chi connectivity index (χ1n) is 6.89. The molecule has 0 bridgehead atoms. The van der Waals surface area contributed by atoms with E-state index < -0.39 is 6.10 Å². The summed E-state index contributed by atoms with van der Waals surface area (Å²) in [4.78, 5) is 12.0. The smallest absolute Gasteiger partial charge is 0.261 e. The van der Waals surface area contributed by atoms with Crippen LogP contribution in [0.5, 0.6) is 5.75 Å². The summed E-state index contributed by atoms with van der Waals surface area (Å²) in [7, 11) is 0. The van der Waals surface area contributed by atoms with Gasteiger partial charge in [0.15, 0.2) is 6.10 Å². The monoisotopic (exact) mass is 300 g/mol. The zero-order valence-corrected chi connectivity index (χ0v) is 13.3. The van der Waals surface area contributed by atoms with Crippen LogP contribution in [0.25, 0.3) is 0 Å². The predicted octanol–water partition coefficient (Wildman–Crippen LogP) is 2.30. The molecular formula is C15H25ClN2O2. The average Bonchev–Trinajstić information content (AvgIpc) is 2.41. The summed E-state index contributed by atoms with van der Waals surface area (Å²) in [6, 6.07) is 7.75. The van der Waals surface area contributed by atoms with Crippen LogP contribution in [0.2, 0.25) is 0 Å². The van der Waals surface area contributed by atoms with E-state index in [1.165, 1.54) is 0 Å². The number of carbonyl (C=O) groups is 1. The molecular weight excluding hydrogens is 276 g/mol. The third kappa shape index (κ3) is 6.78. The third-order valence-corrected chi connectivity index (χ3v) is 2.78. The normalized spacial score (nSPS) is 11.3. The average molecular weight is 301 g/mol. The number of hydrogen-bond acceptors (Lipinski definition) is 3. The Kier molecular flexibility index (Phi) is 9.86. The minimum absolute atomic E-state index is 0. The standard InChI is InChI=1S/C15H24N2O2.ClH/c1-4-14(15(18)17-10-9-16-5-2)19-13-8-6-7-12(3)11-13;/h6-8,11,14,16H,4-5,9-10H2,1-3H3,(H,17,18);1H. The highest BCUT2D eigenvalue weighted by Crippen LogP contribution is 2.15. The fraction of sp³-hybridized carbons (Fsp3) is 0.533. The van der Waals surface area contributed by atoms with Gasteiger partial charge in [0.25, 0.3) is 5.91 Å². The van der Waals surface area contributed by atoms with E-state index in [2.05, 4.69) is 10.6 Å². The summed E-state index contributed by atoms with van der Waals surface area (Å²) in [5.41, 5.74) is 1.12. The molecule has 1 aromatic carbocycles. The highest BCUT2D eigenvalue weighted by Gasteiger charge is 2.17. The van der Waals surface area contributed by atoms with Gasteiger partial charge in [-0.25, -0.2) is 0 Å². The van der Waals surface area contributed by atoms with Crippen LogP contribution in [0, 0.1) is 6.92 Å². The van der Waals surface area contributed by atoms with Crippen LogP contribution in [0.3, 0.4) is 0 Å². The molecule has 1 rings (SSSR count). The number of hydrogen-bond donors (Lipinski definition) is 2. The van der Waals surface area contributed by atoms with E-state index in [4.69, 9.17) is 4.74 Å². The fourth-order valence-electron chi connectivity index (χ4n) is 1.74. The number of benzene rings is 1. The van der Waals surface area contributed by atoms with Gasteiger partial charge in [0.05, 0.1) is 0 Å². The van der Waals surface area contributed by atoms with Gasteiger partial charge in [0.2, 0.25) is 0 Å². The van der Waals surface area contributed by atoms with Crippen LogP contribution >= 0.6 is 12.4 Å². The Morgan fingerprint density at radius 3 is 2.65 bits per heavy atom. The van der Waals surface area contributed by atoms with Crippen molar-refractivity contribution in [1.82, 2.24) is 10.6 Å². The number of carbonyl (C=O) groups excluding carboxylic acids is 1. The Bertz CT molecular complexity index is 399. The zero-order valence-electron chi connectivity index (χ0n) is 12.4. The van der Waals surface area contributed by atoms with E-state index in [1.807, 2.05) is 45.0 Å². The van der Waals surface area contributed by atoms with Crippen molar-refractivity contribution in [3.8, 4) is 5.75 Å². The number of halogens is 1. The zero-order chi connectivity index (χ0) is 14.1. The summed E-state index contributed by atoms with van der Waals surface area (Å²) in [6.07, 6.45) is 0.226. The highest BCUT2D eigenvalue weighted by molar-refractivity contribution is 5.85. The lowest BCUT2D eigenvalue weighted by Gasteiger charge is -2.17. The molecule has 5 heteroatoms.